The molecule has 3 rings (SSSR count). The number of oxazole rings is 1. The smallest absolute Gasteiger partial charge is 0.237 e. The minimum atomic E-state index is -0.532. The van der Waals surface area contributed by atoms with Crippen molar-refractivity contribution in [2.24, 2.45) is 11.7 Å². The van der Waals surface area contributed by atoms with Gasteiger partial charge in [-0.25, -0.2) is 4.98 Å². The summed E-state index contributed by atoms with van der Waals surface area (Å²) >= 11 is 5.91. The Morgan fingerprint density at radius 3 is 2.65 bits per heavy atom. The monoisotopic (exact) mass is 399 g/mol. The molecule has 8 heteroatoms. The van der Waals surface area contributed by atoms with Gasteiger partial charge in [0.15, 0.2) is 5.76 Å². The lowest BCUT2D eigenvalue weighted by atomic mass is 9.92. The van der Waals surface area contributed by atoms with Crippen molar-refractivity contribution in [1.29, 1.82) is 0 Å². The molecule has 0 aliphatic carbocycles. The van der Waals surface area contributed by atoms with Crippen molar-refractivity contribution in [3.63, 3.8) is 0 Å². The highest BCUT2D eigenvalue weighted by Gasteiger charge is 2.26. The largest absolute Gasteiger partial charge is 0.438 e. The number of carbonyl (C=O) groups is 1. The quantitative estimate of drug-likeness (QED) is 0.805. The van der Waals surface area contributed by atoms with Gasteiger partial charge in [-0.05, 0) is 49.9 Å². The summed E-state index contributed by atoms with van der Waals surface area (Å²) in [5.41, 5.74) is 7.72. The Morgan fingerprint density at radius 2 is 2.00 bits per heavy atom. The van der Waals surface area contributed by atoms with Gasteiger partial charge in [-0.15, -0.1) is 12.4 Å². The van der Waals surface area contributed by atoms with Gasteiger partial charge in [-0.1, -0.05) is 11.6 Å². The molecule has 2 aromatic rings. The van der Waals surface area contributed by atoms with E-state index < -0.39 is 6.04 Å². The predicted molar refractivity (Wildman–Crippen MR) is 102 cm³/mol. The number of benzene rings is 1. The number of carbonyl (C=O) groups excluding carboxylic acids is 1. The first-order valence-electron chi connectivity index (χ1n) is 8.38. The molecular formula is C18H23Cl2N3O3. The number of hydrogen-bond donors (Lipinski definition) is 2. The maximum Gasteiger partial charge on any atom is 0.237 e. The van der Waals surface area contributed by atoms with Crippen molar-refractivity contribution in [2.75, 3.05) is 13.2 Å². The van der Waals surface area contributed by atoms with E-state index in [4.69, 9.17) is 26.5 Å². The normalized spacial score (nSPS) is 16.0. The maximum absolute atomic E-state index is 12.3. The van der Waals surface area contributed by atoms with Gasteiger partial charge in [0, 0.05) is 23.8 Å². The van der Waals surface area contributed by atoms with Gasteiger partial charge in [0.2, 0.25) is 11.8 Å². The summed E-state index contributed by atoms with van der Waals surface area (Å²) in [4.78, 5) is 16.6. The minimum absolute atomic E-state index is 0. The van der Waals surface area contributed by atoms with Crippen LogP contribution in [0.5, 0.6) is 0 Å². The van der Waals surface area contributed by atoms with Gasteiger partial charge < -0.3 is 20.2 Å². The van der Waals surface area contributed by atoms with Crippen LogP contribution in [0.4, 0.5) is 0 Å². The number of rotatable bonds is 5. The Balaban J connectivity index is 0.00000243. The van der Waals surface area contributed by atoms with Crippen molar-refractivity contribution >= 4 is 29.9 Å². The average Bonchev–Trinajstić information content (AvgIpc) is 3.01. The molecular weight excluding hydrogens is 377 g/mol. The third-order valence-electron chi connectivity index (χ3n) is 4.44. The van der Waals surface area contributed by atoms with Crippen LogP contribution in [-0.4, -0.2) is 30.1 Å². The van der Waals surface area contributed by atoms with Crippen molar-refractivity contribution in [3.8, 4) is 11.3 Å². The predicted octanol–water partition coefficient (Wildman–Crippen LogP) is 3.10. The zero-order valence-corrected chi connectivity index (χ0v) is 16.1. The summed E-state index contributed by atoms with van der Waals surface area (Å²) in [5, 5.41) is 3.48. The number of halogens is 2. The van der Waals surface area contributed by atoms with Gasteiger partial charge >= 0.3 is 0 Å². The van der Waals surface area contributed by atoms with Gasteiger partial charge in [0.25, 0.3) is 0 Å². The second kappa shape index (κ2) is 9.37. The molecule has 0 spiro atoms. The van der Waals surface area contributed by atoms with E-state index in [0.29, 0.717) is 29.9 Å². The number of nitrogens with one attached hydrogen (secondary N) is 1. The number of ether oxygens (including phenoxy) is 1. The van der Waals surface area contributed by atoms with Crippen LogP contribution in [0.3, 0.4) is 0 Å². The molecule has 1 saturated heterocycles. The lowest BCUT2D eigenvalue weighted by Crippen LogP contribution is -2.46. The Bertz CT molecular complexity index is 728. The van der Waals surface area contributed by atoms with E-state index in [1.165, 1.54) is 0 Å². The van der Waals surface area contributed by atoms with E-state index in [-0.39, 0.29) is 30.8 Å². The second-order valence-electron chi connectivity index (χ2n) is 6.22. The van der Waals surface area contributed by atoms with E-state index in [2.05, 4.69) is 10.3 Å². The second-order valence-corrected chi connectivity index (χ2v) is 6.66. The third-order valence-corrected chi connectivity index (χ3v) is 4.69. The van der Waals surface area contributed by atoms with Gasteiger partial charge in [0.05, 0.1) is 18.3 Å². The zero-order valence-electron chi connectivity index (χ0n) is 14.5. The number of nitrogens with zero attached hydrogens (tertiary/aromatic N) is 1. The lowest BCUT2D eigenvalue weighted by Gasteiger charge is -2.26. The van der Waals surface area contributed by atoms with Crippen molar-refractivity contribution < 1.29 is 13.9 Å². The van der Waals surface area contributed by atoms with Crippen LogP contribution in [0.25, 0.3) is 11.3 Å². The molecule has 0 bridgehead atoms. The zero-order chi connectivity index (χ0) is 17.8. The van der Waals surface area contributed by atoms with Gasteiger partial charge in [-0.2, -0.15) is 0 Å². The molecule has 1 atom stereocenters. The van der Waals surface area contributed by atoms with Crippen molar-refractivity contribution in [3.05, 3.63) is 40.9 Å². The Kier molecular flexibility index (Phi) is 7.46. The fraction of sp³-hybridized carbons (Fsp3) is 0.444. The Morgan fingerprint density at radius 1 is 1.35 bits per heavy atom. The molecule has 1 aromatic carbocycles. The van der Waals surface area contributed by atoms with Crippen molar-refractivity contribution in [2.45, 2.75) is 32.4 Å². The number of hydrogen-bond acceptors (Lipinski definition) is 5. The highest BCUT2D eigenvalue weighted by molar-refractivity contribution is 6.30. The molecule has 3 N–H and O–H groups in total. The minimum Gasteiger partial charge on any atom is -0.438 e. The Labute approximate surface area is 163 Å². The highest BCUT2D eigenvalue weighted by atomic mass is 35.5. The number of amides is 1. The molecule has 1 aliphatic rings. The molecule has 1 unspecified atom stereocenters. The van der Waals surface area contributed by atoms with Crippen LogP contribution < -0.4 is 11.1 Å². The van der Waals surface area contributed by atoms with Crippen LogP contribution >= 0.6 is 24.0 Å². The summed E-state index contributed by atoms with van der Waals surface area (Å²) in [7, 11) is 0. The molecule has 6 nitrogen and oxygen atoms in total. The molecule has 1 aromatic heterocycles. The summed E-state index contributed by atoms with van der Waals surface area (Å²) in [6.07, 6.45) is 1.63. The number of aryl methyl sites for hydroxylation is 1. The van der Waals surface area contributed by atoms with E-state index in [9.17, 15) is 4.79 Å². The lowest BCUT2D eigenvalue weighted by molar-refractivity contribution is -0.124. The highest BCUT2D eigenvalue weighted by Crippen LogP contribution is 2.26. The molecule has 26 heavy (non-hydrogen) atoms. The first-order chi connectivity index (χ1) is 12.0. The molecule has 2 heterocycles. The summed E-state index contributed by atoms with van der Waals surface area (Å²) in [6.45, 7) is 3.40. The van der Waals surface area contributed by atoms with Crippen LogP contribution in [-0.2, 0) is 16.1 Å². The van der Waals surface area contributed by atoms with E-state index >= 15 is 0 Å². The van der Waals surface area contributed by atoms with Gasteiger partial charge in [0.1, 0.15) is 0 Å². The summed E-state index contributed by atoms with van der Waals surface area (Å²) in [6, 6.07) is 6.81. The number of nitrogens with two attached hydrogens (primary N) is 1. The fourth-order valence-electron chi connectivity index (χ4n) is 2.97. The standard InChI is InChI=1S/C18H22ClN3O3.ClH/c1-11-17(13-2-4-14(19)5-3-13)25-15(22-11)10-21-18(23)16(20)12-6-8-24-9-7-12;/h2-5,12,16H,6-10,20H2,1H3,(H,21,23);1H. The van der Waals surface area contributed by atoms with E-state index in [0.717, 1.165) is 24.1 Å². The maximum atomic E-state index is 12.3. The first kappa shape index (κ1) is 20.7. The van der Waals surface area contributed by atoms with Gasteiger partial charge in [-0.3, -0.25) is 4.79 Å². The van der Waals surface area contributed by atoms with E-state index in [1.807, 2.05) is 19.1 Å². The van der Waals surface area contributed by atoms with Crippen molar-refractivity contribution in [1.82, 2.24) is 10.3 Å². The topological polar surface area (TPSA) is 90.4 Å². The molecule has 1 fully saturated rings. The summed E-state index contributed by atoms with van der Waals surface area (Å²) < 4.78 is 11.1. The summed E-state index contributed by atoms with van der Waals surface area (Å²) in [5.74, 6) is 1.10. The molecule has 0 saturated carbocycles. The molecule has 142 valence electrons. The van der Waals surface area contributed by atoms with Crippen LogP contribution in [0.1, 0.15) is 24.4 Å². The fourth-order valence-corrected chi connectivity index (χ4v) is 3.09. The van der Waals surface area contributed by atoms with Crippen LogP contribution in [0, 0.1) is 12.8 Å². The van der Waals surface area contributed by atoms with Crippen LogP contribution in [0.15, 0.2) is 28.7 Å². The number of aromatic nitrogens is 1. The molecule has 1 aliphatic heterocycles. The first-order valence-corrected chi connectivity index (χ1v) is 8.75. The molecule has 1 amide bonds. The van der Waals surface area contributed by atoms with Crippen LogP contribution in [0.2, 0.25) is 5.02 Å². The van der Waals surface area contributed by atoms with E-state index in [1.54, 1.807) is 12.1 Å². The molecule has 0 radical (unpaired) electrons. The third kappa shape index (κ3) is 4.98. The SMILES string of the molecule is Cc1nc(CNC(=O)C(N)C2CCOCC2)oc1-c1ccc(Cl)cc1.Cl. The average molecular weight is 400 g/mol. The Hall–Kier alpha value is -1.60.